The van der Waals surface area contributed by atoms with Crippen molar-refractivity contribution in [2.45, 2.75) is 20.8 Å². The molecule has 29 heavy (non-hydrogen) atoms. The maximum absolute atomic E-state index is 14.2. The zero-order valence-corrected chi connectivity index (χ0v) is 15.9. The fourth-order valence-electron chi connectivity index (χ4n) is 2.98. The Morgan fingerprint density at radius 2 is 1.66 bits per heavy atom. The second-order valence-corrected chi connectivity index (χ2v) is 6.72. The standard InChI is InChI=1S/C20H17F2N5O2/c1-9-4-12(5-10(2)11(9)3)25-19-23-8-15(22)18(27-19)24-13-6-14(21)17-16(7-13)26-20(28)29-17/h4-8H,1-3H3,(H,26,28)(H2,23,24,25,27). The molecule has 2 aromatic heterocycles. The highest BCUT2D eigenvalue weighted by Crippen LogP contribution is 2.26. The van der Waals surface area contributed by atoms with Crippen LogP contribution in [0.15, 0.2) is 39.7 Å². The van der Waals surface area contributed by atoms with Gasteiger partial charge in [-0.2, -0.15) is 4.98 Å². The monoisotopic (exact) mass is 397 g/mol. The van der Waals surface area contributed by atoms with E-state index in [0.717, 1.165) is 29.1 Å². The Morgan fingerprint density at radius 3 is 2.38 bits per heavy atom. The average molecular weight is 397 g/mol. The number of oxazole rings is 1. The first-order valence-corrected chi connectivity index (χ1v) is 8.77. The maximum Gasteiger partial charge on any atom is 0.417 e. The molecule has 0 radical (unpaired) electrons. The van der Waals surface area contributed by atoms with Crippen molar-refractivity contribution >= 4 is 34.2 Å². The molecule has 148 valence electrons. The molecule has 0 saturated carbocycles. The number of rotatable bonds is 4. The molecule has 0 bridgehead atoms. The Morgan fingerprint density at radius 1 is 0.966 bits per heavy atom. The lowest BCUT2D eigenvalue weighted by Gasteiger charge is -2.12. The van der Waals surface area contributed by atoms with E-state index in [1.165, 1.54) is 11.6 Å². The highest BCUT2D eigenvalue weighted by atomic mass is 19.1. The smallest absolute Gasteiger partial charge is 0.405 e. The molecule has 3 N–H and O–H groups in total. The molecule has 0 saturated heterocycles. The first kappa shape index (κ1) is 18.6. The van der Waals surface area contributed by atoms with Crippen molar-refractivity contribution in [3.8, 4) is 0 Å². The summed E-state index contributed by atoms with van der Waals surface area (Å²) in [5, 5.41) is 5.75. The van der Waals surface area contributed by atoms with Crippen LogP contribution < -0.4 is 16.4 Å². The molecule has 2 aromatic carbocycles. The number of aryl methyl sites for hydroxylation is 2. The van der Waals surface area contributed by atoms with Crippen LogP contribution in [0.5, 0.6) is 0 Å². The van der Waals surface area contributed by atoms with Gasteiger partial charge in [0.05, 0.1) is 11.7 Å². The summed E-state index contributed by atoms with van der Waals surface area (Å²) in [5.74, 6) is -2.23. The Balaban J connectivity index is 1.64. The highest BCUT2D eigenvalue weighted by Gasteiger charge is 2.13. The van der Waals surface area contributed by atoms with Gasteiger partial charge in [-0.05, 0) is 55.7 Å². The van der Waals surface area contributed by atoms with Gasteiger partial charge in [-0.1, -0.05) is 0 Å². The second kappa shape index (κ2) is 7.01. The van der Waals surface area contributed by atoms with Crippen LogP contribution in [0.3, 0.4) is 0 Å². The minimum absolute atomic E-state index is 0.146. The van der Waals surface area contributed by atoms with E-state index in [0.29, 0.717) is 0 Å². The van der Waals surface area contributed by atoms with Crippen molar-refractivity contribution in [3.05, 3.63) is 69.3 Å². The van der Waals surface area contributed by atoms with E-state index < -0.39 is 17.4 Å². The molecule has 0 amide bonds. The minimum atomic E-state index is -0.778. The lowest BCUT2D eigenvalue weighted by molar-refractivity contribution is 0.523. The van der Waals surface area contributed by atoms with E-state index in [9.17, 15) is 13.6 Å². The summed E-state index contributed by atoms with van der Waals surface area (Å²) in [4.78, 5) is 21.7. The van der Waals surface area contributed by atoms with E-state index in [1.54, 1.807) is 0 Å². The van der Waals surface area contributed by atoms with E-state index in [-0.39, 0.29) is 28.6 Å². The van der Waals surface area contributed by atoms with Gasteiger partial charge in [0.25, 0.3) is 0 Å². The fraction of sp³-hybridized carbons (Fsp3) is 0.150. The average Bonchev–Trinajstić information content (AvgIpc) is 3.03. The number of nitrogens with zero attached hydrogens (tertiary/aromatic N) is 2. The molecule has 0 atom stereocenters. The van der Waals surface area contributed by atoms with Crippen molar-refractivity contribution in [3.63, 3.8) is 0 Å². The quantitative estimate of drug-likeness (QED) is 0.466. The third-order valence-corrected chi connectivity index (χ3v) is 4.67. The molecule has 0 spiro atoms. The molecular weight excluding hydrogens is 380 g/mol. The lowest BCUT2D eigenvalue weighted by Crippen LogP contribution is -2.04. The van der Waals surface area contributed by atoms with Crippen molar-refractivity contribution in [2.24, 2.45) is 0 Å². The van der Waals surface area contributed by atoms with Crippen LogP contribution in [0.1, 0.15) is 16.7 Å². The molecule has 4 aromatic rings. The summed E-state index contributed by atoms with van der Waals surface area (Å²) in [6.07, 6.45) is 1.01. The Kier molecular flexibility index (Phi) is 4.50. The van der Waals surface area contributed by atoms with Crippen molar-refractivity contribution in [1.82, 2.24) is 15.0 Å². The maximum atomic E-state index is 14.2. The summed E-state index contributed by atoms with van der Waals surface area (Å²) < 4.78 is 33.0. The van der Waals surface area contributed by atoms with Crippen LogP contribution in [0.4, 0.5) is 31.9 Å². The molecule has 4 rings (SSSR count). The van der Waals surface area contributed by atoms with Gasteiger partial charge in [-0.15, -0.1) is 0 Å². The number of anilines is 4. The van der Waals surface area contributed by atoms with Crippen LogP contribution in [-0.4, -0.2) is 15.0 Å². The molecular formula is C20H17F2N5O2. The number of hydrogen-bond acceptors (Lipinski definition) is 6. The van der Waals surface area contributed by atoms with Crippen molar-refractivity contribution in [1.29, 1.82) is 0 Å². The van der Waals surface area contributed by atoms with Gasteiger partial charge in [-0.25, -0.2) is 18.6 Å². The van der Waals surface area contributed by atoms with Gasteiger partial charge in [0.1, 0.15) is 0 Å². The molecule has 0 aliphatic rings. The van der Waals surface area contributed by atoms with Crippen LogP contribution in [0.2, 0.25) is 0 Å². The Hall–Kier alpha value is -3.75. The molecule has 7 nitrogen and oxygen atoms in total. The number of aromatic amines is 1. The van der Waals surface area contributed by atoms with Gasteiger partial charge in [-0.3, -0.25) is 4.98 Å². The lowest BCUT2D eigenvalue weighted by atomic mass is 10.0. The predicted octanol–water partition coefficient (Wildman–Crippen LogP) is 4.60. The van der Waals surface area contributed by atoms with Crippen molar-refractivity contribution < 1.29 is 13.2 Å². The summed E-state index contributed by atoms with van der Waals surface area (Å²) in [6, 6.07) is 6.40. The van der Waals surface area contributed by atoms with Gasteiger partial charge in [0.2, 0.25) is 5.95 Å². The Bertz CT molecular complexity index is 1270. The SMILES string of the molecule is Cc1cc(Nc2ncc(F)c(Nc3cc(F)c4oc(=O)[nH]c4c3)n2)cc(C)c1C. The molecule has 0 unspecified atom stereocenters. The first-order valence-electron chi connectivity index (χ1n) is 8.77. The minimum Gasteiger partial charge on any atom is -0.405 e. The van der Waals surface area contributed by atoms with Gasteiger partial charge >= 0.3 is 5.76 Å². The van der Waals surface area contributed by atoms with E-state index >= 15 is 0 Å². The van der Waals surface area contributed by atoms with E-state index in [1.807, 2.05) is 32.9 Å². The normalized spacial score (nSPS) is 11.1. The first-order chi connectivity index (χ1) is 13.8. The third kappa shape index (κ3) is 3.66. The van der Waals surface area contributed by atoms with Gasteiger partial charge < -0.3 is 15.1 Å². The largest absolute Gasteiger partial charge is 0.417 e. The number of hydrogen-bond donors (Lipinski definition) is 3. The number of halogens is 2. The summed E-state index contributed by atoms with van der Waals surface area (Å²) in [7, 11) is 0. The number of fused-ring (bicyclic) bond motifs is 1. The van der Waals surface area contributed by atoms with Crippen LogP contribution in [-0.2, 0) is 0 Å². The second-order valence-electron chi connectivity index (χ2n) is 6.72. The van der Waals surface area contributed by atoms with Gasteiger partial charge in [0.15, 0.2) is 23.0 Å². The number of aromatic nitrogens is 3. The Labute approximate surface area is 163 Å². The van der Waals surface area contributed by atoms with E-state index in [4.69, 9.17) is 4.42 Å². The number of nitrogens with one attached hydrogen (secondary N) is 3. The molecule has 0 fully saturated rings. The predicted molar refractivity (Wildman–Crippen MR) is 106 cm³/mol. The summed E-state index contributed by atoms with van der Waals surface area (Å²) in [6.45, 7) is 6.03. The van der Waals surface area contributed by atoms with Crippen LogP contribution in [0, 0.1) is 32.4 Å². The van der Waals surface area contributed by atoms with Crippen LogP contribution in [0.25, 0.3) is 11.1 Å². The summed E-state index contributed by atoms with van der Waals surface area (Å²) in [5.41, 5.74) is 4.31. The molecule has 0 aliphatic heterocycles. The fourth-order valence-corrected chi connectivity index (χ4v) is 2.98. The number of H-pyrrole nitrogens is 1. The third-order valence-electron chi connectivity index (χ3n) is 4.67. The van der Waals surface area contributed by atoms with Crippen LogP contribution >= 0.6 is 0 Å². The topological polar surface area (TPSA) is 95.8 Å². The van der Waals surface area contributed by atoms with E-state index in [2.05, 4.69) is 25.6 Å². The zero-order valence-electron chi connectivity index (χ0n) is 15.9. The molecule has 9 heteroatoms. The zero-order chi connectivity index (χ0) is 20.7. The molecule has 0 aliphatic carbocycles. The highest BCUT2D eigenvalue weighted by molar-refractivity contribution is 5.79. The van der Waals surface area contributed by atoms with Gasteiger partial charge in [0, 0.05) is 17.4 Å². The number of benzene rings is 2. The summed E-state index contributed by atoms with van der Waals surface area (Å²) >= 11 is 0. The molecule has 2 heterocycles. The van der Waals surface area contributed by atoms with Crippen molar-refractivity contribution in [2.75, 3.05) is 10.6 Å².